The third-order valence-corrected chi connectivity index (χ3v) is 2.92. The summed E-state index contributed by atoms with van der Waals surface area (Å²) in [6.07, 6.45) is 3.23. The first-order chi connectivity index (χ1) is 6.75. The summed E-state index contributed by atoms with van der Waals surface area (Å²) in [5, 5.41) is 2.95. The van der Waals surface area contributed by atoms with Crippen LogP contribution in [0.15, 0.2) is 0 Å². The molecule has 1 amide bonds. The van der Waals surface area contributed by atoms with Gasteiger partial charge in [-0.25, -0.2) is 0 Å². The van der Waals surface area contributed by atoms with Gasteiger partial charge in [0.1, 0.15) is 6.23 Å². The zero-order chi connectivity index (χ0) is 9.97. The number of halogens is 1. The Morgan fingerprint density at radius 3 is 2.67 bits per heavy atom. The standard InChI is InChI=1S/C10H18N2O2.ClH/c1-12-6-8(7-12)10(13)11-9-4-2-3-5-14-9;/h8-9H,2-7H2,1H3,(H,11,13);1H. The minimum atomic E-state index is -0.0258. The van der Waals surface area contributed by atoms with Gasteiger partial charge in [-0.1, -0.05) is 0 Å². The number of hydrogen-bond donors (Lipinski definition) is 1. The fourth-order valence-corrected chi connectivity index (χ4v) is 2.00. The highest BCUT2D eigenvalue weighted by atomic mass is 35.5. The summed E-state index contributed by atoms with van der Waals surface area (Å²) in [4.78, 5) is 13.8. The molecule has 2 saturated heterocycles. The summed E-state index contributed by atoms with van der Waals surface area (Å²) < 4.78 is 5.45. The van der Waals surface area contributed by atoms with Crippen LogP contribution < -0.4 is 5.32 Å². The van der Waals surface area contributed by atoms with Gasteiger partial charge in [-0.15, -0.1) is 12.4 Å². The fraction of sp³-hybridized carbons (Fsp3) is 0.900. The molecule has 0 aliphatic carbocycles. The molecule has 0 radical (unpaired) electrons. The molecule has 0 spiro atoms. The number of carbonyl (C=O) groups excluding carboxylic acids is 1. The Morgan fingerprint density at radius 2 is 2.13 bits per heavy atom. The van der Waals surface area contributed by atoms with E-state index in [-0.39, 0.29) is 30.5 Å². The molecule has 2 aliphatic heterocycles. The van der Waals surface area contributed by atoms with Gasteiger partial charge < -0.3 is 15.0 Å². The predicted octanol–water partition coefficient (Wildman–Crippen LogP) is 0.613. The van der Waals surface area contributed by atoms with Crippen LogP contribution in [0.4, 0.5) is 0 Å². The smallest absolute Gasteiger partial charge is 0.227 e. The number of hydrogen-bond acceptors (Lipinski definition) is 3. The molecule has 0 aromatic heterocycles. The molecule has 2 heterocycles. The summed E-state index contributed by atoms with van der Waals surface area (Å²) in [5.41, 5.74) is 0. The molecule has 4 nitrogen and oxygen atoms in total. The number of nitrogens with zero attached hydrogens (tertiary/aromatic N) is 1. The van der Waals surface area contributed by atoms with Crippen molar-refractivity contribution >= 4 is 18.3 Å². The molecule has 2 rings (SSSR count). The van der Waals surface area contributed by atoms with Crippen LogP contribution in [0.25, 0.3) is 0 Å². The third-order valence-electron chi connectivity index (χ3n) is 2.92. The average Bonchev–Trinajstić information content (AvgIpc) is 2.14. The van der Waals surface area contributed by atoms with Crippen LogP contribution in [0, 0.1) is 5.92 Å². The van der Waals surface area contributed by atoms with Crippen molar-refractivity contribution in [3.05, 3.63) is 0 Å². The van der Waals surface area contributed by atoms with Crippen LogP contribution in [0.5, 0.6) is 0 Å². The third kappa shape index (κ3) is 3.33. The molecule has 0 saturated carbocycles. The van der Waals surface area contributed by atoms with Gasteiger partial charge in [-0.2, -0.15) is 0 Å². The first-order valence-electron chi connectivity index (χ1n) is 5.36. The molecule has 2 fully saturated rings. The Balaban J connectivity index is 0.00000112. The lowest BCUT2D eigenvalue weighted by Gasteiger charge is -2.36. The number of amides is 1. The van der Waals surface area contributed by atoms with Gasteiger partial charge in [0.2, 0.25) is 5.91 Å². The zero-order valence-corrected chi connectivity index (χ0v) is 9.89. The van der Waals surface area contributed by atoms with Gasteiger partial charge in [0, 0.05) is 19.7 Å². The molecule has 1 atom stereocenters. The summed E-state index contributed by atoms with van der Waals surface area (Å²) >= 11 is 0. The van der Waals surface area contributed by atoms with Crippen LogP contribution in [-0.4, -0.2) is 43.8 Å². The summed E-state index contributed by atoms with van der Waals surface area (Å²) in [7, 11) is 2.03. The Hall–Kier alpha value is -0.320. The largest absolute Gasteiger partial charge is 0.359 e. The van der Waals surface area contributed by atoms with E-state index in [1.165, 1.54) is 0 Å². The SMILES string of the molecule is CN1CC(C(=O)NC2CCCCO2)C1.Cl. The molecular weight excluding hydrogens is 216 g/mol. The van der Waals surface area contributed by atoms with Crippen LogP contribution in [0.1, 0.15) is 19.3 Å². The monoisotopic (exact) mass is 234 g/mol. The van der Waals surface area contributed by atoms with E-state index in [2.05, 4.69) is 10.2 Å². The Kier molecular flexibility index (Phi) is 4.83. The lowest BCUT2D eigenvalue weighted by molar-refractivity contribution is -0.135. The number of carbonyl (C=O) groups is 1. The lowest BCUT2D eigenvalue weighted by Crippen LogP contribution is -2.54. The molecule has 1 unspecified atom stereocenters. The predicted molar refractivity (Wildman–Crippen MR) is 60.0 cm³/mol. The quantitative estimate of drug-likeness (QED) is 0.762. The van der Waals surface area contributed by atoms with E-state index in [4.69, 9.17) is 4.74 Å². The highest BCUT2D eigenvalue weighted by molar-refractivity contribution is 5.85. The summed E-state index contributed by atoms with van der Waals surface area (Å²) in [6, 6.07) is 0. The number of rotatable bonds is 2. The maximum Gasteiger partial charge on any atom is 0.227 e. The second-order valence-corrected chi connectivity index (χ2v) is 4.28. The van der Waals surface area contributed by atoms with Crippen molar-refractivity contribution in [1.82, 2.24) is 10.2 Å². The van der Waals surface area contributed by atoms with Gasteiger partial charge in [0.15, 0.2) is 0 Å². The van der Waals surface area contributed by atoms with Crippen molar-refractivity contribution in [1.29, 1.82) is 0 Å². The number of likely N-dealkylation sites (tertiary alicyclic amines) is 1. The first kappa shape index (κ1) is 12.7. The van der Waals surface area contributed by atoms with Gasteiger partial charge in [0.05, 0.1) is 5.92 Å². The minimum Gasteiger partial charge on any atom is -0.359 e. The summed E-state index contributed by atoms with van der Waals surface area (Å²) in [6.45, 7) is 2.56. The molecular formula is C10H19ClN2O2. The van der Waals surface area contributed by atoms with E-state index in [0.29, 0.717) is 0 Å². The van der Waals surface area contributed by atoms with Gasteiger partial charge in [0.25, 0.3) is 0 Å². The van der Waals surface area contributed by atoms with Crippen molar-refractivity contribution in [2.24, 2.45) is 5.92 Å². The second-order valence-electron chi connectivity index (χ2n) is 4.28. The maximum absolute atomic E-state index is 11.6. The molecule has 2 aliphatic rings. The molecule has 0 aromatic carbocycles. The normalized spacial score (nSPS) is 27.7. The minimum absolute atomic E-state index is 0. The van der Waals surface area contributed by atoms with Crippen molar-refractivity contribution in [2.45, 2.75) is 25.5 Å². The van der Waals surface area contributed by atoms with E-state index < -0.39 is 0 Å². The molecule has 1 N–H and O–H groups in total. The number of nitrogens with one attached hydrogen (secondary N) is 1. The second kappa shape index (κ2) is 5.68. The molecule has 0 aromatic rings. The Bertz CT molecular complexity index is 213. The highest BCUT2D eigenvalue weighted by Gasteiger charge is 2.31. The Labute approximate surface area is 96.7 Å². The van der Waals surface area contributed by atoms with Gasteiger partial charge >= 0.3 is 0 Å². The highest BCUT2D eigenvalue weighted by Crippen LogP contribution is 2.15. The van der Waals surface area contributed by atoms with Crippen LogP contribution in [0.2, 0.25) is 0 Å². The van der Waals surface area contributed by atoms with Crippen LogP contribution >= 0.6 is 12.4 Å². The topological polar surface area (TPSA) is 41.6 Å². The van der Waals surface area contributed by atoms with E-state index in [1.807, 2.05) is 7.05 Å². The van der Waals surface area contributed by atoms with Crippen molar-refractivity contribution in [3.8, 4) is 0 Å². The van der Waals surface area contributed by atoms with E-state index in [9.17, 15) is 4.79 Å². The van der Waals surface area contributed by atoms with E-state index in [1.54, 1.807) is 0 Å². The Morgan fingerprint density at radius 1 is 1.40 bits per heavy atom. The van der Waals surface area contributed by atoms with Crippen molar-refractivity contribution in [2.75, 3.05) is 26.7 Å². The number of ether oxygens (including phenoxy) is 1. The molecule has 15 heavy (non-hydrogen) atoms. The molecule has 5 heteroatoms. The van der Waals surface area contributed by atoms with Crippen molar-refractivity contribution in [3.63, 3.8) is 0 Å². The maximum atomic E-state index is 11.6. The fourth-order valence-electron chi connectivity index (χ4n) is 2.00. The lowest BCUT2D eigenvalue weighted by atomic mass is 10.00. The van der Waals surface area contributed by atoms with Gasteiger partial charge in [-0.3, -0.25) is 4.79 Å². The van der Waals surface area contributed by atoms with Crippen LogP contribution in [0.3, 0.4) is 0 Å². The summed E-state index contributed by atoms with van der Waals surface area (Å²) in [5.74, 6) is 0.348. The van der Waals surface area contributed by atoms with Gasteiger partial charge in [-0.05, 0) is 26.3 Å². The average molecular weight is 235 g/mol. The van der Waals surface area contributed by atoms with E-state index >= 15 is 0 Å². The zero-order valence-electron chi connectivity index (χ0n) is 9.07. The van der Waals surface area contributed by atoms with Crippen molar-refractivity contribution < 1.29 is 9.53 Å². The first-order valence-corrected chi connectivity index (χ1v) is 5.36. The van der Waals surface area contributed by atoms with E-state index in [0.717, 1.165) is 39.0 Å². The molecule has 0 bridgehead atoms. The molecule has 88 valence electrons. The van der Waals surface area contributed by atoms with Crippen LogP contribution in [-0.2, 0) is 9.53 Å².